The highest BCUT2D eigenvalue weighted by Gasteiger charge is 2.22. The van der Waals surface area contributed by atoms with E-state index in [2.05, 4.69) is 34.9 Å². The van der Waals surface area contributed by atoms with E-state index in [-0.39, 0.29) is 0 Å². The Kier molecular flexibility index (Phi) is 4.33. The molecule has 126 valence electrons. The molecular weight excluding hydrogens is 346 g/mol. The van der Waals surface area contributed by atoms with Crippen molar-refractivity contribution in [3.8, 4) is 0 Å². The van der Waals surface area contributed by atoms with Crippen molar-refractivity contribution in [2.75, 3.05) is 37.3 Å². The van der Waals surface area contributed by atoms with Crippen LogP contribution in [-0.2, 0) is 6.54 Å². The molecule has 0 aromatic carbocycles. The first-order valence-corrected chi connectivity index (χ1v) is 9.69. The van der Waals surface area contributed by atoms with Gasteiger partial charge in [0.25, 0.3) is 0 Å². The quantitative estimate of drug-likeness (QED) is 0.644. The van der Waals surface area contributed by atoms with Crippen LogP contribution in [0.1, 0.15) is 11.7 Å². The Morgan fingerprint density at radius 3 is 2.75 bits per heavy atom. The van der Waals surface area contributed by atoms with E-state index in [1.165, 1.54) is 0 Å². The highest BCUT2D eigenvalue weighted by atomic mass is 32.2. The van der Waals surface area contributed by atoms with E-state index >= 15 is 0 Å². The summed E-state index contributed by atoms with van der Waals surface area (Å²) in [6, 6.07) is 0. The number of fused-ring (bicyclic) bond motifs is 1. The molecule has 0 spiro atoms. The molecule has 3 aromatic heterocycles. The summed E-state index contributed by atoms with van der Waals surface area (Å²) in [5.41, 5.74) is 0.791. The first kappa shape index (κ1) is 15.7. The van der Waals surface area contributed by atoms with Crippen LogP contribution in [0, 0.1) is 6.92 Å². The molecule has 4 heterocycles. The number of aryl methyl sites for hydroxylation is 1. The van der Waals surface area contributed by atoms with Gasteiger partial charge in [-0.2, -0.15) is 4.98 Å². The van der Waals surface area contributed by atoms with Crippen LogP contribution in [-0.4, -0.2) is 62.4 Å². The van der Waals surface area contributed by atoms with Crippen molar-refractivity contribution >= 4 is 39.3 Å². The number of hydrogen-bond acceptors (Lipinski definition) is 10. The summed E-state index contributed by atoms with van der Waals surface area (Å²) in [5, 5.41) is 3.97. The predicted octanol–water partition coefficient (Wildman–Crippen LogP) is 1.82. The zero-order valence-electron chi connectivity index (χ0n) is 13.5. The molecule has 1 aliphatic heterocycles. The van der Waals surface area contributed by atoms with Gasteiger partial charge in [-0.1, -0.05) is 16.9 Å². The number of aromatic nitrogens is 5. The number of piperazine rings is 1. The van der Waals surface area contributed by atoms with Crippen molar-refractivity contribution in [2.45, 2.75) is 17.8 Å². The van der Waals surface area contributed by atoms with Gasteiger partial charge in [0.15, 0.2) is 21.6 Å². The van der Waals surface area contributed by atoms with Gasteiger partial charge < -0.3 is 9.42 Å². The summed E-state index contributed by atoms with van der Waals surface area (Å²) in [6.45, 7) is 6.24. The van der Waals surface area contributed by atoms with Gasteiger partial charge in [-0.05, 0) is 6.26 Å². The van der Waals surface area contributed by atoms with Crippen molar-refractivity contribution < 1.29 is 4.52 Å². The lowest BCUT2D eigenvalue weighted by Crippen LogP contribution is -2.46. The molecule has 0 saturated carbocycles. The van der Waals surface area contributed by atoms with Crippen molar-refractivity contribution in [1.82, 2.24) is 30.0 Å². The fraction of sp³-hybridized carbons (Fsp3) is 0.500. The summed E-state index contributed by atoms with van der Waals surface area (Å²) in [5.74, 6) is 2.35. The zero-order chi connectivity index (χ0) is 16.5. The van der Waals surface area contributed by atoms with Crippen LogP contribution in [0.4, 0.5) is 5.82 Å². The van der Waals surface area contributed by atoms with Crippen molar-refractivity contribution in [2.24, 2.45) is 0 Å². The SMILES string of the molecule is CSc1nc2ncnc(N3CCN(Cc4noc(C)n4)CC3)c2s1. The molecular formula is C14H17N7OS2. The van der Waals surface area contributed by atoms with Crippen LogP contribution in [0.15, 0.2) is 15.2 Å². The van der Waals surface area contributed by atoms with Gasteiger partial charge in [0.2, 0.25) is 5.89 Å². The number of nitrogens with zero attached hydrogens (tertiary/aromatic N) is 7. The van der Waals surface area contributed by atoms with Crippen LogP contribution in [0.3, 0.4) is 0 Å². The maximum atomic E-state index is 5.03. The average molecular weight is 363 g/mol. The lowest BCUT2D eigenvalue weighted by molar-refractivity contribution is 0.239. The van der Waals surface area contributed by atoms with Crippen molar-refractivity contribution in [3.05, 3.63) is 18.0 Å². The molecule has 0 N–H and O–H groups in total. The maximum Gasteiger partial charge on any atom is 0.223 e. The minimum atomic E-state index is 0.613. The van der Waals surface area contributed by atoms with Gasteiger partial charge in [-0.3, -0.25) is 4.90 Å². The number of thioether (sulfide) groups is 1. The number of anilines is 1. The van der Waals surface area contributed by atoms with E-state index in [0.29, 0.717) is 5.89 Å². The van der Waals surface area contributed by atoms with Crippen LogP contribution in [0.2, 0.25) is 0 Å². The molecule has 0 unspecified atom stereocenters. The van der Waals surface area contributed by atoms with Crippen LogP contribution >= 0.6 is 23.1 Å². The van der Waals surface area contributed by atoms with E-state index in [0.717, 1.165) is 59.1 Å². The molecule has 0 aliphatic carbocycles. The van der Waals surface area contributed by atoms with Crippen LogP contribution in [0.5, 0.6) is 0 Å². The number of hydrogen-bond donors (Lipinski definition) is 0. The first-order chi connectivity index (χ1) is 11.7. The van der Waals surface area contributed by atoms with Crippen molar-refractivity contribution in [3.63, 3.8) is 0 Å². The van der Waals surface area contributed by atoms with Crippen LogP contribution < -0.4 is 4.90 Å². The molecule has 1 fully saturated rings. The summed E-state index contributed by atoms with van der Waals surface area (Å²) in [7, 11) is 0. The van der Waals surface area contributed by atoms with E-state index in [9.17, 15) is 0 Å². The normalized spacial score (nSPS) is 16.2. The highest BCUT2D eigenvalue weighted by Crippen LogP contribution is 2.33. The molecule has 1 aliphatic rings. The second kappa shape index (κ2) is 6.61. The Bertz CT molecular complexity index is 841. The third-order valence-corrected chi connectivity index (χ3v) is 5.96. The van der Waals surface area contributed by atoms with Gasteiger partial charge in [0.05, 0.1) is 6.54 Å². The second-order valence-electron chi connectivity index (χ2n) is 5.53. The monoisotopic (exact) mass is 363 g/mol. The molecule has 8 nitrogen and oxygen atoms in total. The van der Waals surface area contributed by atoms with E-state index in [1.807, 2.05) is 13.2 Å². The average Bonchev–Trinajstić information content (AvgIpc) is 3.21. The fourth-order valence-corrected chi connectivity index (χ4v) is 4.29. The maximum absolute atomic E-state index is 5.03. The Hall–Kier alpha value is -1.78. The highest BCUT2D eigenvalue weighted by molar-refractivity contribution is 8.00. The predicted molar refractivity (Wildman–Crippen MR) is 93.5 cm³/mol. The zero-order valence-corrected chi connectivity index (χ0v) is 15.1. The van der Waals surface area contributed by atoms with Gasteiger partial charge in [0, 0.05) is 33.1 Å². The molecule has 0 amide bonds. The van der Waals surface area contributed by atoms with Gasteiger partial charge in [-0.25, -0.2) is 15.0 Å². The molecule has 1 saturated heterocycles. The van der Waals surface area contributed by atoms with Gasteiger partial charge >= 0.3 is 0 Å². The van der Waals surface area contributed by atoms with Crippen molar-refractivity contribution in [1.29, 1.82) is 0 Å². The van der Waals surface area contributed by atoms with Crippen LogP contribution in [0.25, 0.3) is 10.3 Å². The molecule has 24 heavy (non-hydrogen) atoms. The molecule has 10 heteroatoms. The van der Waals surface area contributed by atoms with E-state index in [4.69, 9.17) is 4.52 Å². The Balaban J connectivity index is 1.46. The Morgan fingerprint density at radius 1 is 1.21 bits per heavy atom. The standard InChI is InChI=1S/C14H17N7OS2/c1-9-17-10(19-22-9)7-20-3-5-21(6-4-20)13-11-12(15-8-16-13)18-14(23-2)24-11/h8H,3-7H2,1-2H3. The third kappa shape index (κ3) is 3.08. The molecule has 0 radical (unpaired) electrons. The summed E-state index contributed by atoms with van der Waals surface area (Å²) in [4.78, 5) is 22.2. The minimum Gasteiger partial charge on any atom is -0.353 e. The molecule has 0 bridgehead atoms. The first-order valence-electron chi connectivity index (χ1n) is 7.65. The molecule has 4 rings (SSSR count). The summed E-state index contributed by atoms with van der Waals surface area (Å²) >= 11 is 3.31. The lowest BCUT2D eigenvalue weighted by Gasteiger charge is -2.34. The third-order valence-electron chi connectivity index (χ3n) is 3.93. The summed E-state index contributed by atoms with van der Waals surface area (Å²) in [6.07, 6.45) is 3.64. The fourth-order valence-electron chi connectivity index (χ4n) is 2.76. The van der Waals surface area contributed by atoms with E-state index < -0.39 is 0 Å². The Labute approximate surface area is 147 Å². The molecule has 3 aromatic rings. The largest absolute Gasteiger partial charge is 0.353 e. The number of rotatable bonds is 4. The number of thiazole rings is 1. The second-order valence-corrected chi connectivity index (χ2v) is 7.58. The Morgan fingerprint density at radius 2 is 2.04 bits per heavy atom. The summed E-state index contributed by atoms with van der Waals surface area (Å²) < 4.78 is 7.13. The topological polar surface area (TPSA) is 84.1 Å². The van der Waals surface area contributed by atoms with E-state index in [1.54, 1.807) is 29.4 Å². The minimum absolute atomic E-state index is 0.613. The molecule has 0 atom stereocenters. The van der Waals surface area contributed by atoms with Gasteiger partial charge in [0.1, 0.15) is 11.0 Å². The lowest BCUT2D eigenvalue weighted by atomic mass is 10.3. The smallest absolute Gasteiger partial charge is 0.223 e. The van der Waals surface area contributed by atoms with Gasteiger partial charge in [-0.15, -0.1) is 11.3 Å².